The van der Waals surface area contributed by atoms with Crippen LogP contribution in [-0.2, 0) is 33.3 Å². The highest BCUT2D eigenvalue weighted by molar-refractivity contribution is 5.98. The van der Waals surface area contributed by atoms with E-state index in [0.717, 1.165) is 0 Å². The van der Waals surface area contributed by atoms with Crippen LogP contribution in [0.5, 0.6) is 0 Å². The number of rotatable bonds is 0. The second-order valence-corrected chi connectivity index (χ2v) is 11.4. The average molecular weight is 410 g/mol. The summed E-state index contributed by atoms with van der Waals surface area (Å²) < 4.78 is 32.0. The molecule has 3 aliphatic heterocycles. The quantitative estimate of drug-likeness (QED) is 0.331. The lowest BCUT2D eigenvalue weighted by molar-refractivity contribution is -0.465. The van der Waals surface area contributed by atoms with Crippen molar-refractivity contribution in [1.29, 1.82) is 0 Å². The molecule has 156 valence electrons. The Hall–Kier alpha value is -1.28. The number of cyclic esters (lactones) is 2. The van der Waals surface area contributed by atoms with Crippen molar-refractivity contribution in [3.63, 3.8) is 0 Å². The van der Waals surface area contributed by atoms with E-state index in [4.69, 9.17) is 23.7 Å². The number of allylic oxidation sites excluding steroid dienone is 2. The molecule has 3 heterocycles. The van der Waals surface area contributed by atoms with E-state index < -0.39 is 23.4 Å². The van der Waals surface area contributed by atoms with Crippen LogP contribution in [0.1, 0.15) is 6.42 Å². The predicted molar refractivity (Wildman–Crippen MR) is 93.9 cm³/mol. The van der Waals surface area contributed by atoms with E-state index in [0.29, 0.717) is 50.1 Å². The summed E-state index contributed by atoms with van der Waals surface area (Å²) in [6.45, 7) is 2.40. The van der Waals surface area contributed by atoms with E-state index in [1.54, 1.807) is 0 Å². The normalized spacial score (nSPS) is 66.5. The summed E-state index contributed by atoms with van der Waals surface area (Å²) >= 11 is 0. The Morgan fingerprint density at radius 2 is 1.10 bits per heavy atom. The summed E-state index contributed by atoms with van der Waals surface area (Å²) in [6, 6.07) is 0. The van der Waals surface area contributed by atoms with Crippen LogP contribution in [0, 0.1) is 70.0 Å². The lowest BCUT2D eigenvalue weighted by atomic mass is 9.24. The van der Waals surface area contributed by atoms with Crippen molar-refractivity contribution in [1.82, 2.24) is 0 Å². The van der Waals surface area contributed by atoms with Gasteiger partial charge in [-0.1, -0.05) is 12.2 Å². The van der Waals surface area contributed by atoms with Crippen molar-refractivity contribution < 1.29 is 33.3 Å². The van der Waals surface area contributed by atoms with Crippen LogP contribution in [0.25, 0.3) is 0 Å². The Morgan fingerprint density at radius 3 is 1.53 bits per heavy atom. The number of fused-ring (bicyclic) bond motifs is 3. The van der Waals surface area contributed by atoms with Crippen molar-refractivity contribution in [3.05, 3.63) is 12.2 Å². The molecule has 3 saturated heterocycles. The van der Waals surface area contributed by atoms with Crippen LogP contribution in [0.4, 0.5) is 0 Å². The molecule has 4 bridgehead atoms. The Morgan fingerprint density at radius 1 is 0.667 bits per heavy atom. The van der Waals surface area contributed by atoms with E-state index >= 15 is 0 Å². The molecule has 0 aromatic carbocycles. The van der Waals surface area contributed by atoms with Crippen LogP contribution >= 0.6 is 0 Å². The second-order valence-electron chi connectivity index (χ2n) is 11.4. The van der Waals surface area contributed by atoms with E-state index in [2.05, 4.69) is 12.2 Å². The maximum absolute atomic E-state index is 13.0. The SMILES string of the molecule is O=C1OC(=O)C2C1[C@H]1C=C[C@@H]2[C@@]23[C@H]4[C@@H]5C[C@H]6[C@@H]([C@@H]5C25OCCO5)C2(OCCO2)[C@@]13[C@H]64. The molecule has 7 heteroatoms. The number of ether oxygens (including phenoxy) is 5. The average Bonchev–Trinajstić information content (AvgIpc) is 3.52. The zero-order valence-corrected chi connectivity index (χ0v) is 16.3. The molecule has 12 atom stereocenters. The van der Waals surface area contributed by atoms with Crippen molar-refractivity contribution in [2.24, 2.45) is 70.0 Å². The molecule has 2 unspecified atom stereocenters. The van der Waals surface area contributed by atoms with Gasteiger partial charge in [-0.25, -0.2) is 0 Å². The Kier molecular flexibility index (Phi) is 2.05. The van der Waals surface area contributed by atoms with Gasteiger partial charge in [-0.2, -0.15) is 0 Å². The highest BCUT2D eigenvalue weighted by Crippen LogP contribution is 3.02. The number of esters is 2. The summed E-state index contributed by atoms with van der Waals surface area (Å²) in [7, 11) is 0. The van der Waals surface area contributed by atoms with Gasteiger partial charge >= 0.3 is 11.9 Å². The largest absolute Gasteiger partial charge is 0.393 e. The van der Waals surface area contributed by atoms with E-state index in [9.17, 15) is 9.59 Å². The molecular formula is C23H22O7. The minimum atomic E-state index is -0.667. The van der Waals surface area contributed by atoms with Crippen LogP contribution in [0.15, 0.2) is 12.2 Å². The van der Waals surface area contributed by atoms with Gasteiger partial charge < -0.3 is 23.7 Å². The molecule has 9 fully saturated rings. The summed E-state index contributed by atoms with van der Waals surface area (Å²) in [4.78, 5) is 25.9. The molecule has 7 nitrogen and oxygen atoms in total. The third-order valence-electron chi connectivity index (χ3n) is 11.8. The molecule has 0 amide bonds. The van der Waals surface area contributed by atoms with Crippen molar-refractivity contribution in [3.8, 4) is 0 Å². The van der Waals surface area contributed by atoms with E-state index in [1.807, 2.05) is 0 Å². The number of carbonyl (C=O) groups is 2. The van der Waals surface area contributed by atoms with Crippen molar-refractivity contribution >= 4 is 11.9 Å². The van der Waals surface area contributed by atoms with Gasteiger partial charge in [0.2, 0.25) is 0 Å². The fourth-order valence-corrected chi connectivity index (χ4v) is 12.5. The lowest BCUT2D eigenvalue weighted by Crippen LogP contribution is -2.87. The maximum atomic E-state index is 13.0. The lowest BCUT2D eigenvalue weighted by Gasteiger charge is -2.80. The van der Waals surface area contributed by atoms with Gasteiger partial charge in [0.25, 0.3) is 0 Å². The number of hydrogen-bond acceptors (Lipinski definition) is 7. The summed E-state index contributed by atoms with van der Waals surface area (Å²) in [5, 5.41) is 0. The molecule has 11 aliphatic rings. The molecule has 30 heavy (non-hydrogen) atoms. The minimum Gasteiger partial charge on any atom is -0.393 e. The maximum Gasteiger partial charge on any atom is 0.318 e. The molecule has 0 radical (unpaired) electrons. The molecule has 0 aromatic rings. The monoisotopic (exact) mass is 410 g/mol. The van der Waals surface area contributed by atoms with Crippen LogP contribution in [-0.4, -0.2) is 49.9 Å². The van der Waals surface area contributed by atoms with Gasteiger partial charge in [0.05, 0.1) is 38.3 Å². The van der Waals surface area contributed by atoms with Crippen LogP contribution < -0.4 is 0 Å². The Balaban J connectivity index is 1.37. The van der Waals surface area contributed by atoms with Gasteiger partial charge in [0, 0.05) is 34.5 Å². The minimum absolute atomic E-state index is 0.110. The van der Waals surface area contributed by atoms with Gasteiger partial charge in [-0.05, 0) is 30.1 Å². The molecule has 0 aromatic heterocycles. The first-order chi connectivity index (χ1) is 14.7. The molecule has 4 spiro atoms. The predicted octanol–water partition coefficient (Wildman–Crippen LogP) is 0.732. The third kappa shape index (κ3) is 0.946. The van der Waals surface area contributed by atoms with Crippen molar-refractivity contribution in [2.45, 2.75) is 18.0 Å². The smallest absolute Gasteiger partial charge is 0.318 e. The number of carbonyl (C=O) groups excluding carboxylic acids is 2. The van der Waals surface area contributed by atoms with E-state index in [1.165, 1.54) is 6.42 Å². The Bertz CT molecular complexity index is 945. The molecule has 6 saturated carbocycles. The standard InChI is InChI=1S/C23H22O7/c24-18-12-10-1-2-11(13(12)19(25)30-18)21-15-9-7-8-14(15)20(10,21)22(26-3-4-27-22)16(8)17(9)23(21)28-5-6-29-23/h1-2,8-17H,3-7H2/t8-,9+,10-,11+,12?,13?,14-,15+,16+,17-,20-,21+. The third-order valence-corrected chi connectivity index (χ3v) is 11.8. The van der Waals surface area contributed by atoms with Crippen molar-refractivity contribution in [2.75, 3.05) is 26.4 Å². The van der Waals surface area contributed by atoms with Gasteiger partial charge in [0.1, 0.15) is 0 Å². The van der Waals surface area contributed by atoms with E-state index in [-0.39, 0.29) is 46.4 Å². The number of hydrogen-bond donors (Lipinski definition) is 0. The summed E-state index contributed by atoms with van der Waals surface area (Å²) in [6.07, 6.45) is 5.62. The highest BCUT2D eigenvalue weighted by Gasteiger charge is 3.08. The zero-order valence-electron chi connectivity index (χ0n) is 16.3. The van der Waals surface area contributed by atoms with Crippen LogP contribution in [0.3, 0.4) is 0 Å². The van der Waals surface area contributed by atoms with Crippen LogP contribution in [0.2, 0.25) is 0 Å². The van der Waals surface area contributed by atoms with Gasteiger partial charge in [-0.3, -0.25) is 9.59 Å². The summed E-state index contributed by atoms with van der Waals surface area (Å²) in [5.41, 5.74) is -0.709. The first-order valence-electron chi connectivity index (χ1n) is 11.7. The fourth-order valence-electron chi connectivity index (χ4n) is 12.5. The fraction of sp³-hybridized carbons (Fsp3) is 0.826. The van der Waals surface area contributed by atoms with Gasteiger partial charge in [-0.15, -0.1) is 0 Å². The van der Waals surface area contributed by atoms with Gasteiger partial charge in [0.15, 0.2) is 11.6 Å². The molecule has 8 aliphatic carbocycles. The molecule has 11 rings (SSSR count). The first kappa shape index (κ1) is 15.5. The second kappa shape index (κ2) is 3.96. The molecular weight excluding hydrogens is 388 g/mol. The topological polar surface area (TPSA) is 80.3 Å². The molecule has 0 N–H and O–H groups in total. The first-order valence-corrected chi connectivity index (χ1v) is 11.7. The summed E-state index contributed by atoms with van der Waals surface area (Å²) in [5.74, 6) is -0.540. The Labute approximate surface area is 172 Å². The highest BCUT2D eigenvalue weighted by atomic mass is 16.8. The zero-order chi connectivity index (χ0) is 19.4.